The van der Waals surface area contributed by atoms with E-state index < -0.39 is 0 Å². The number of hydrogen-bond acceptors (Lipinski definition) is 3. The van der Waals surface area contributed by atoms with Crippen LogP contribution in [0.4, 0.5) is 0 Å². The molecule has 0 aliphatic carbocycles. The molecular weight excluding hydrogens is 336 g/mol. The quantitative estimate of drug-likeness (QED) is 0.655. The van der Waals surface area contributed by atoms with Gasteiger partial charge in [0, 0.05) is 42.7 Å². The molecule has 3 N–H and O–H groups in total. The molecule has 2 heterocycles. The molecule has 0 fully saturated rings. The highest BCUT2D eigenvalue weighted by Crippen LogP contribution is 2.28. The number of rotatable bonds is 5. The van der Waals surface area contributed by atoms with Gasteiger partial charge in [-0.3, -0.25) is 9.89 Å². The maximum atomic E-state index is 12.9. The van der Waals surface area contributed by atoms with Crippen LogP contribution in [0, 0.1) is 0 Å². The first kappa shape index (κ1) is 17.5. The van der Waals surface area contributed by atoms with E-state index in [4.69, 9.17) is 0 Å². The zero-order valence-electron chi connectivity index (χ0n) is 15.4. The molecule has 2 aromatic carbocycles. The van der Waals surface area contributed by atoms with Gasteiger partial charge in [0.1, 0.15) is 0 Å². The molecule has 3 aromatic rings. The van der Waals surface area contributed by atoms with Crippen molar-refractivity contribution >= 4 is 5.91 Å². The second kappa shape index (κ2) is 7.76. The summed E-state index contributed by atoms with van der Waals surface area (Å²) in [5.41, 5.74) is 4.92. The number of carbonyl (C=O) groups excluding carboxylic acids is 1. The monoisotopic (exact) mass is 360 g/mol. The van der Waals surface area contributed by atoms with E-state index in [2.05, 4.69) is 52.0 Å². The molecule has 1 unspecified atom stereocenters. The molecule has 1 aromatic heterocycles. The van der Waals surface area contributed by atoms with Crippen molar-refractivity contribution in [3.05, 3.63) is 88.7 Å². The molecule has 1 amide bonds. The minimum absolute atomic E-state index is 0.0734. The minimum atomic E-state index is -0.124. The van der Waals surface area contributed by atoms with E-state index in [9.17, 15) is 4.79 Å². The fraction of sp³-hybridized carbons (Fsp3) is 0.273. The van der Waals surface area contributed by atoms with Gasteiger partial charge in [-0.2, -0.15) is 5.10 Å². The highest BCUT2D eigenvalue weighted by atomic mass is 16.2. The van der Waals surface area contributed by atoms with E-state index in [-0.39, 0.29) is 17.9 Å². The summed E-state index contributed by atoms with van der Waals surface area (Å²) in [5, 5.41) is 13.8. The number of fused-ring (bicyclic) bond motifs is 1. The first-order valence-corrected chi connectivity index (χ1v) is 9.41. The van der Waals surface area contributed by atoms with Crippen molar-refractivity contribution in [3.63, 3.8) is 0 Å². The molecule has 5 heteroatoms. The molecule has 0 radical (unpaired) electrons. The predicted octanol–water partition coefficient (Wildman–Crippen LogP) is 3.01. The van der Waals surface area contributed by atoms with Gasteiger partial charge in [-0.25, -0.2) is 0 Å². The van der Waals surface area contributed by atoms with Gasteiger partial charge in [0.15, 0.2) is 5.69 Å². The predicted molar refractivity (Wildman–Crippen MR) is 106 cm³/mol. The largest absolute Gasteiger partial charge is 0.347 e. The van der Waals surface area contributed by atoms with E-state index in [0.29, 0.717) is 12.2 Å². The van der Waals surface area contributed by atoms with Crippen molar-refractivity contribution in [1.29, 1.82) is 0 Å². The molecule has 138 valence electrons. The Labute approximate surface area is 159 Å². The Balaban J connectivity index is 1.60. The van der Waals surface area contributed by atoms with Gasteiger partial charge in [-0.15, -0.1) is 0 Å². The van der Waals surface area contributed by atoms with E-state index in [0.717, 1.165) is 24.2 Å². The van der Waals surface area contributed by atoms with Crippen LogP contribution in [0.2, 0.25) is 0 Å². The van der Waals surface area contributed by atoms with Gasteiger partial charge in [-0.05, 0) is 18.1 Å². The van der Waals surface area contributed by atoms with Gasteiger partial charge < -0.3 is 10.6 Å². The van der Waals surface area contributed by atoms with Crippen molar-refractivity contribution in [2.24, 2.45) is 0 Å². The van der Waals surface area contributed by atoms with Gasteiger partial charge in [-0.1, -0.05) is 60.7 Å². The molecule has 0 saturated carbocycles. The molecule has 4 rings (SSSR count). The third kappa shape index (κ3) is 3.64. The van der Waals surface area contributed by atoms with Crippen LogP contribution in [0.5, 0.6) is 0 Å². The van der Waals surface area contributed by atoms with Crippen molar-refractivity contribution in [2.75, 3.05) is 6.54 Å². The second-order valence-corrected chi connectivity index (χ2v) is 7.02. The first-order valence-electron chi connectivity index (χ1n) is 9.41. The fourth-order valence-electron chi connectivity index (χ4n) is 3.86. The molecule has 0 saturated heterocycles. The highest BCUT2D eigenvalue weighted by molar-refractivity contribution is 5.94. The lowest BCUT2D eigenvalue weighted by atomic mass is 9.85. The van der Waals surface area contributed by atoms with Crippen LogP contribution in [0.15, 0.2) is 60.7 Å². The summed E-state index contributed by atoms with van der Waals surface area (Å²) >= 11 is 0. The van der Waals surface area contributed by atoms with Crippen LogP contribution >= 0.6 is 0 Å². The number of benzene rings is 2. The Bertz CT molecular complexity index is 865. The maximum absolute atomic E-state index is 12.9. The molecule has 1 atom stereocenters. The molecule has 5 nitrogen and oxygen atoms in total. The van der Waals surface area contributed by atoms with Gasteiger partial charge in [0.05, 0.1) is 0 Å². The minimum Gasteiger partial charge on any atom is -0.347 e. The summed E-state index contributed by atoms with van der Waals surface area (Å²) in [5.74, 6) is -0.0511. The van der Waals surface area contributed by atoms with E-state index in [1.54, 1.807) is 0 Å². The Kier molecular flexibility index (Phi) is 5.03. The number of hydrogen-bond donors (Lipinski definition) is 3. The number of amides is 1. The van der Waals surface area contributed by atoms with Crippen LogP contribution < -0.4 is 10.6 Å². The topological polar surface area (TPSA) is 69.8 Å². The number of aromatic amines is 1. The summed E-state index contributed by atoms with van der Waals surface area (Å²) in [7, 11) is 0. The average molecular weight is 360 g/mol. The maximum Gasteiger partial charge on any atom is 0.272 e. The van der Waals surface area contributed by atoms with Crippen molar-refractivity contribution < 1.29 is 4.79 Å². The SMILES string of the molecule is CC(NC(=O)c1n[nH]c2c1CNCC2)C(c1ccccc1)c1ccccc1. The second-order valence-electron chi connectivity index (χ2n) is 7.02. The first-order chi connectivity index (χ1) is 13.2. The van der Waals surface area contributed by atoms with Gasteiger partial charge in [0.25, 0.3) is 5.91 Å². The van der Waals surface area contributed by atoms with Gasteiger partial charge >= 0.3 is 0 Å². The summed E-state index contributed by atoms with van der Waals surface area (Å²) in [4.78, 5) is 12.9. The standard InChI is InChI=1S/C22H24N4O/c1-15(24-22(27)21-18-14-23-13-12-19(18)25-26-21)20(16-8-4-2-5-9-16)17-10-6-3-7-11-17/h2-11,15,20,23H,12-14H2,1H3,(H,24,27)(H,25,26). The lowest BCUT2D eigenvalue weighted by molar-refractivity contribution is 0.0930. The Morgan fingerprint density at radius 2 is 1.67 bits per heavy atom. The van der Waals surface area contributed by atoms with E-state index in [1.165, 1.54) is 11.1 Å². The summed E-state index contributed by atoms with van der Waals surface area (Å²) in [6, 6.07) is 20.5. The molecule has 27 heavy (non-hydrogen) atoms. The normalized spacial score (nSPS) is 14.6. The number of nitrogens with one attached hydrogen (secondary N) is 3. The van der Waals surface area contributed by atoms with Crippen molar-refractivity contribution in [3.8, 4) is 0 Å². The van der Waals surface area contributed by atoms with Crippen molar-refractivity contribution in [1.82, 2.24) is 20.8 Å². The van der Waals surface area contributed by atoms with Crippen LogP contribution in [0.25, 0.3) is 0 Å². The Morgan fingerprint density at radius 3 is 2.30 bits per heavy atom. The molecule has 1 aliphatic rings. The van der Waals surface area contributed by atoms with Crippen LogP contribution in [0.1, 0.15) is 45.7 Å². The smallest absolute Gasteiger partial charge is 0.272 e. The summed E-state index contributed by atoms with van der Waals surface area (Å²) in [6.45, 7) is 3.65. The fourth-order valence-corrected chi connectivity index (χ4v) is 3.86. The number of carbonyl (C=O) groups is 1. The van der Waals surface area contributed by atoms with E-state index in [1.807, 2.05) is 36.4 Å². The zero-order chi connectivity index (χ0) is 18.6. The Morgan fingerprint density at radius 1 is 1.04 bits per heavy atom. The molecular formula is C22H24N4O. The zero-order valence-corrected chi connectivity index (χ0v) is 15.4. The third-order valence-corrected chi connectivity index (χ3v) is 5.20. The van der Waals surface area contributed by atoms with Crippen molar-refractivity contribution in [2.45, 2.75) is 31.8 Å². The van der Waals surface area contributed by atoms with E-state index >= 15 is 0 Å². The highest BCUT2D eigenvalue weighted by Gasteiger charge is 2.26. The number of H-pyrrole nitrogens is 1. The number of aromatic nitrogens is 2. The summed E-state index contributed by atoms with van der Waals surface area (Å²) < 4.78 is 0. The lowest BCUT2D eigenvalue weighted by Gasteiger charge is -2.26. The lowest BCUT2D eigenvalue weighted by Crippen LogP contribution is -2.38. The molecule has 0 spiro atoms. The Hall–Kier alpha value is -2.92. The van der Waals surface area contributed by atoms with Gasteiger partial charge in [0.2, 0.25) is 0 Å². The van der Waals surface area contributed by atoms with Crippen LogP contribution in [0.3, 0.4) is 0 Å². The molecule has 0 bridgehead atoms. The van der Waals surface area contributed by atoms with Crippen LogP contribution in [-0.4, -0.2) is 28.7 Å². The number of nitrogens with zero attached hydrogens (tertiary/aromatic N) is 1. The summed E-state index contributed by atoms with van der Waals surface area (Å²) in [6.07, 6.45) is 0.877. The van der Waals surface area contributed by atoms with Crippen LogP contribution in [-0.2, 0) is 13.0 Å². The molecule has 1 aliphatic heterocycles. The average Bonchev–Trinajstić information content (AvgIpc) is 3.14. The third-order valence-electron chi connectivity index (χ3n) is 5.20.